The molecule has 1 heterocycles. The molecule has 0 aliphatic rings. The summed E-state index contributed by atoms with van der Waals surface area (Å²) in [5.74, 6) is -0.496. The zero-order chi connectivity index (χ0) is 57.7. The van der Waals surface area contributed by atoms with Crippen molar-refractivity contribution in [3.8, 4) is 28.3 Å². The molecule has 0 atom stereocenters. The molecule has 0 amide bonds. The summed E-state index contributed by atoms with van der Waals surface area (Å²) in [7, 11) is 0. The summed E-state index contributed by atoms with van der Waals surface area (Å²) in [6.07, 6.45) is 4.98. The highest BCUT2D eigenvalue weighted by molar-refractivity contribution is 6.06. The lowest BCUT2D eigenvalue weighted by Gasteiger charge is -2.26. The van der Waals surface area contributed by atoms with E-state index in [4.69, 9.17) is 4.42 Å². The van der Waals surface area contributed by atoms with E-state index in [-0.39, 0.29) is 5.76 Å². The molecule has 1 aromatic heterocycles. The fourth-order valence-corrected chi connectivity index (χ4v) is 10.9. The number of anilines is 3. The summed E-state index contributed by atoms with van der Waals surface area (Å²) >= 11 is 0. The molecule has 85 heavy (non-hydrogen) atoms. The Labute approximate surface area is 496 Å². The van der Waals surface area contributed by atoms with Gasteiger partial charge in [-0.05, 0) is 149 Å². The molecule has 1 N–H and O–H groups in total. The van der Waals surface area contributed by atoms with Crippen LogP contribution in [0.25, 0.3) is 62.8 Å². The fraction of sp³-hybridized carbons (Fsp3) is 0. The molecule has 5 nitrogen and oxygen atoms in total. The van der Waals surface area contributed by atoms with Crippen molar-refractivity contribution < 1.29 is 14.3 Å². The van der Waals surface area contributed by atoms with E-state index in [2.05, 4.69) is 308 Å². The molecule has 0 bridgehead atoms. The van der Waals surface area contributed by atoms with Crippen molar-refractivity contribution in [1.82, 2.24) is 0 Å². The largest absolute Gasteiger partial charge is 0.477 e. The SMILES string of the molecule is N#C/C(=C/c1ccc(/C=C/c2ccc(N(c3ccc(-c4ccc(C(=C(c5ccccc5)c5ccccc5)c5ccccc5)cc4)cc3)c3ccc(-c4ccc(C(=C(c5ccccc5)c5ccccc5)c5ccccc5)cc4)cc3)cc2)o1)C(=O)O. The van der Waals surface area contributed by atoms with E-state index in [0.717, 1.165) is 89.4 Å². The van der Waals surface area contributed by atoms with Gasteiger partial charge in [0.25, 0.3) is 0 Å². The maximum atomic E-state index is 11.4. The van der Waals surface area contributed by atoms with Gasteiger partial charge >= 0.3 is 5.97 Å². The van der Waals surface area contributed by atoms with E-state index in [1.165, 1.54) is 28.4 Å². The number of hydrogen-bond acceptors (Lipinski definition) is 4. The van der Waals surface area contributed by atoms with E-state index >= 15 is 0 Å². The summed E-state index contributed by atoms with van der Waals surface area (Å²) in [5, 5.41) is 18.5. The zero-order valence-electron chi connectivity index (χ0n) is 46.4. The molecule has 404 valence electrons. The van der Waals surface area contributed by atoms with E-state index in [1.807, 2.05) is 12.2 Å². The van der Waals surface area contributed by atoms with Gasteiger partial charge in [-0.15, -0.1) is 0 Å². The maximum Gasteiger partial charge on any atom is 0.346 e. The molecular formula is C80H56N2O3. The quantitative estimate of drug-likeness (QED) is 0.0558. The average Bonchev–Trinajstić information content (AvgIpc) is 4.14. The molecule has 0 spiro atoms. The number of carboxylic acids is 1. The van der Waals surface area contributed by atoms with Crippen LogP contribution in [-0.4, -0.2) is 11.1 Å². The first-order chi connectivity index (χ1) is 41.9. The molecule has 0 saturated carbocycles. The second-order valence-electron chi connectivity index (χ2n) is 20.4. The smallest absolute Gasteiger partial charge is 0.346 e. The van der Waals surface area contributed by atoms with Crippen LogP contribution in [0.5, 0.6) is 0 Å². The van der Waals surface area contributed by atoms with Crippen molar-refractivity contribution in [2.75, 3.05) is 4.90 Å². The summed E-state index contributed by atoms with van der Waals surface area (Å²) in [6, 6.07) is 113. The van der Waals surface area contributed by atoms with Crippen LogP contribution < -0.4 is 4.90 Å². The lowest BCUT2D eigenvalue weighted by Crippen LogP contribution is -2.09. The van der Waals surface area contributed by atoms with Gasteiger partial charge in [-0.25, -0.2) is 4.79 Å². The summed E-state index contributed by atoms with van der Waals surface area (Å²) < 4.78 is 5.81. The fourth-order valence-electron chi connectivity index (χ4n) is 10.9. The molecule has 11 aromatic carbocycles. The molecule has 0 fully saturated rings. The van der Waals surface area contributed by atoms with Crippen molar-refractivity contribution in [2.45, 2.75) is 0 Å². The van der Waals surface area contributed by atoms with Crippen LogP contribution in [0.2, 0.25) is 0 Å². The Bertz CT molecular complexity index is 4090. The molecule has 5 heteroatoms. The Kier molecular flexibility index (Phi) is 16.2. The van der Waals surface area contributed by atoms with Crippen LogP contribution in [0.1, 0.15) is 61.6 Å². The second-order valence-corrected chi connectivity index (χ2v) is 20.4. The van der Waals surface area contributed by atoms with E-state index in [1.54, 1.807) is 18.2 Å². The summed E-state index contributed by atoms with van der Waals surface area (Å²) in [4.78, 5) is 13.7. The molecule has 0 aliphatic carbocycles. The van der Waals surface area contributed by atoms with E-state index in [9.17, 15) is 15.2 Å². The minimum absolute atomic E-state index is 0.284. The first-order valence-electron chi connectivity index (χ1n) is 28.2. The summed E-state index contributed by atoms with van der Waals surface area (Å²) in [5.41, 5.74) is 21.8. The topological polar surface area (TPSA) is 77.5 Å². The van der Waals surface area contributed by atoms with Gasteiger partial charge in [0.2, 0.25) is 0 Å². The van der Waals surface area contributed by atoms with Gasteiger partial charge in [0.1, 0.15) is 23.2 Å². The highest BCUT2D eigenvalue weighted by Crippen LogP contribution is 2.41. The molecule has 12 aromatic rings. The zero-order valence-corrected chi connectivity index (χ0v) is 46.4. The third kappa shape index (κ3) is 12.4. The van der Waals surface area contributed by atoms with Crippen LogP contribution in [-0.2, 0) is 4.79 Å². The number of nitriles is 1. The van der Waals surface area contributed by atoms with Gasteiger partial charge in [-0.1, -0.05) is 273 Å². The first kappa shape index (κ1) is 54.0. The van der Waals surface area contributed by atoms with E-state index in [0.29, 0.717) is 5.76 Å². The number of carbonyl (C=O) groups is 1. The van der Waals surface area contributed by atoms with Crippen molar-refractivity contribution in [2.24, 2.45) is 0 Å². The monoisotopic (exact) mass is 1090 g/mol. The third-order valence-corrected chi connectivity index (χ3v) is 15.0. The van der Waals surface area contributed by atoms with Crippen LogP contribution in [0.4, 0.5) is 17.1 Å². The summed E-state index contributed by atoms with van der Waals surface area (Å²) in [6.45, 7) is 0. The molecule has 12 rings (SSSR count). The van der Waals surface area contributed by atoms with Crippen LogP contribution in [0, 0.1) is 11.3 Å². The predicted molar refractivity (Wildman–Crippen MR) is 350 cm³/mol. The number of carboxylic acid groups (broad SMARTS) is 1. The number of rotatable bonds is 17. The minimum atomic E-state index is -1.31. The Morgan fingerprint density at radius 1 is 0.329 bits per heavy atom. The molecule has 0 aliphatic heterocycles. The lowest BCUT2D eigenvalue weighted by molar-refractivity contribution is -0.132. The maximum absolute atomic E-state index is 11.4. The highest BCUT2D eigenvalue weighted by Gasteiger charge is 2.20. The van der Waals surface area contributed by atoms with Crippen LogP contribution in [0.3, 0.4) is 0 Å². The van der Waals surface area contributed by atoms with Crippen molar-refractivity contribution in [1.29, 1.82) is 5.26 Å². The minimum Gasteiger partial charge on any atom is -0.477 e. The molecule has 0 saturated heterocycles. The highest BCUT2D eigenvalue weighted by atomic mass is 16.4. The Balaban J connectivity index is 0.877. The van der Waals surface area contributed by atoms with Gasteiger partial charge in [-0.2, -0.15) is 5.26 Å². The molecule has 0 radical (unpaired) electrons. The first-order valence-corrected chi connectivity index (χ1v) is 28.2. The van der Waals surface area contributed by atoms with Crippen molar-refractivity contribution in [3.63, 3.8) is 0 Å². The Morgan fingerprint density at radius 3 is 0.894 bits per heavy atom. The number of aliphatic carboxylic acids is 1. The van der Waals surface area contributed by atoms with Crippen LogP contribution in [0.15, 0.2) is 325 Å². The van der Waals surface area contributed by atoms with Gasteiger partial charge in [0, 0.05) is 23.1 Å². The van der Waals surface area contributed by atoms with Gasteiger partial charge in [-0.3, -0.25) is 0 Å². The number of furan rings is 1. The third-order valence-electron chi connectivity index (χ3n) is 15.0. The van der Waals surface area contributed by atoms with E-state index < -0.39 is 11.5 Å². The Morgan fingerprint density at radius 2 is 0.600 bits per heavy atom. The van der Waals surface area contributed by atoms with Crippen molar-refractivity contribution >= 4 is 63.6 Å². The predicted octanol–water partition coefficient (Wildman–Crippen LogP) is 20.3. The number of hydrogen-bond donors (Lipinski definition) is 1. The molecular weight excluding hydrogens is 1040 g/mol. The lowest BCUT2D eigenvalue weighted by atomic mass is 9.85. The number of nitrogens with zero attached hydrogens (tertiary/aromatic N) is 2. The van der Waals surface area contributed by atoms with Crippen LogP contribution >= 0.6 is 0 Å². The number of benzene rings is 11. The normalized spacial score (nSPS) is 11.2. The average molecular weight is 1090 g/mol. The molecule has 0 unspecified atom stereocenters. The van der Waals surface area contributed by atoms with Gasteiger partial charge in [0.15, 0.2) is 0 Å². The van der Waals surface area contributed by atoms with Gasteiger partial charge < -0.3 is 14.4 Å². The second kappa shape index (κ2) is 25.5. The van der Waals surface area contributed by atoms with Gasteiger partial charge in [0.05, 0.1) is 0 Å². The standard InChI is InChI=1S/C80H56N2O3/c81-56-70(80(83)84)55-75-54-53-74(85-75)52-33-57-31-46-71(47-32-57)82(72-48-42-60(43-49-72)58-34-38-68(39-35-58)78(66-27-15-5-16-28-66)76(62-19-7-1-8-20-62)63-21-9-2-10-22-63)73-50-44-61(45-51-73)59-36-40-69(41-37-59)79(67-29-17-6-18-30-67)77(64-23-11-3-12-24-64)65-25-13-4-14-26-65/h1-55H,(H,83,84)/b52-33+,70-55-. The Hall–Kier alpha value is -11.6. The van der Waals surface area contributed by atoms with Crippen molar-refractivity contribution in [3.05, 3.63) is 383 Å².